The number of halogens is 1. The summed E-state index contributed by atoms with van der Waals surface area (Å²) in [5.41, 5.74) is 9.87. The average molecular weight is 199 g/mol. The molecule has 0 aromatic heterocycles. The van der Waals surface area contributed by atoms with Crippen molar-refractivity contribution in [1.82, 2.24) is 0 Å². The van der Waals surface area contributed by atoms with Gasteiger partial charge in [0, 0.05) is 0 Å². The van der Waals surface area contributed by atoms with Crippen LogP contribution in [-0.2, 0) is 14.3 Å². The Kier molecular flexibility index (Phi) is 7.82. The third-order valence-corrected chi connectivity index (χ3v) is 0.908. The van der Waals surface area contributed by atoms with Crippen LogP contribution in [-0.4, -0.2) is 36.2 Å². The number of carboxylic acid groups (broad SMARTS) is 1. The minimum Gasteiger partial charge on any atom is -0.480 e. The number of carbonyl (C=O) groups excluding carboxylic acids is 1. The maximum Gasteiger partial charge on any atom is 0.324 e. The van der Waals surface area contributed by atoms with E-state index in [1.165, 1.54) is 0 Å². The van der Waals surface area contributed by atoms with Crippen LogP contribution in [0, 0.1) is 0 Å². The number of aliphatic carboxylic acids is 1. The van der Waals surface area contributed by atoms with Crippen LogP contribution < -0.4 is 11.5 Å². The van der Waals surface area contributed by atoms with Crippen molar-refractivity contribution in [2.24, 2.45) is 11.5 Å². The molecule has 0 fully saturated rings. The van der Waals surface area contributed by atoms with Gasteiger partial charge in [-0.3, -0.25) is 9.59 Å². The maximum absolute atomic E-state index is 10.3. The predicted molar refractivity (Wildman–Crippen MR) is 42.9 cm³/mol. The summed E-state index contributed by atoms with van der Waals surface area (Å²) in [4.78, 5) is 20.4. The van der Waals surface area contributed by atoms with E-state index in [1.807, 2.05) is 0 Å². The molecule has 0 saturated carbocycles. The summed E-state index contributed by atoms with van der Waals surface area (Å²) in [5, 5.41) is 8.22. The monoisotopic (exact) mass is 198 g/mol. The molecule has 0 amide bonds. The van der Waals surface area contributed by atoms with Crippen molar-refractivity contribution in [3.05, 3.63) is 0 Å². The van der Waals surface area contributed by atoms with Crippen LogP contribution in [0.4, 0.5) is 0 Å². The number of hydrogen-bond donors (Lipinski definition) is 3. The number of esters is 1. The highest BCUT2D eigenvalue weighted by molar-refractivity contribution is 5.85. The first-order valence-corrected chi connectivity index (χ1v) is 2.92. The van der Waals surface area contributed by atoms with Crippen molar-refractivity contribution < 1.29 is 19.4 Å². The minimum atomic E-state index is -1.21. The smallest absolute Gasteiger partial charge is 0.324 e. The zero-order valence-corrected chi connectivity index (χ0v) is 7.04. The molecule has 1 atom stereocenters. The van der Waals surface area contributed by atoms with Gasteiger partial charge in [0.15, 0.2) is 0 Å². The predicted octanol–water partition coefficient (Wildman–Crippen LogP) is -1.68. The second-order valence-electron chi connectivity index (χ2n) is 1.83. The number of ether oxygens (including phenoxy) is 1. The lowest BCUT2D eigenvalue weighted by molar-refractivity contribution is -0.146. The second kappa shape index (κ2) is 6.84. The van der Waals surface area contributed by atoms with Crippen molar-refractivity contribution in [2.75, 3.05) is 13.2 Å². The van der Waals surface area contributed by atoms with E-state index < -0.39 is 18.0 Å². The Hall–Kier alpha value is -0.850. The van der Waals surface area contributed by atoms with E-state index in [-0.39, 0.29) is 25.6 Å². The first kappa shape index (κ1) is 13.7. The van der Waals surface area contributed by atoms with Gasteiger partial charge in [-0.15, -0.1) is 12.4 Å². The van der Waals surface area contributed by atoms with Crippen LogP contribution >= 0.6 is 12.4 Å². The Morgan fingerprint density at radius 1 is 1.50 bits per heavy atom. The van der Waals surface area contributed by atoms with Crippen molar-refractivity contribution in [1.29, 1.82) is 0 Å². The molecule has 6 nitrogen and oxygen atoms in total. The molecule has 0 heterocycles. The fraction of sp³-hybridized carbons (Fsp3) is 0.600. The highest BCUT2D eigenvalue weighted by Gasteiger charge is 2.12. The zero-order valence-electron chi connectivity index (χ0n) is 6.23. The normalized spacial score (nSPS) is 11.2. The Morgan fingerprint density at radius 3 is 2.33 bits per heavy atom. The largest absolute Gasteiger partial charge is 0.480 e. The van der Waals surface area contributed by atoms with E-state index in [0.717, 1.165) is 0 Å². The standard InChI is InChI=1S/C5H10N2O4.ClH/c6-1-4(8)11-2-3(7)5(9)10;/h3H,1-2,6-7H2,(H,9,10);1H/t3-;/m0./s1. The summed E-state index contributed by atoms with van der Waals surface area (Å²) < 4.78 is 4.34. The molecule has 0 aliphatic rings. The number of hydrogen-bond acceptors (Lipinski definition) is 5. The lowest BCUT2D eigenvalue weighted by Crippen LogP contribution is -2.36. The van der Waals surface area contributed by atoms with Gasteiger partial charge in [0.1, 0.15) is 12.6 Å². The Balaban J connectivity index is 0. The molecule has 0 unspecified atom stereocenters. The number of carbonyl (C=O) groups is 2. The van der Waals surface area contributed by atoms with Gasteiger partial charge in [0.2, 0.25) is 0 Å². The van der Waals surface area contributed by atoms with E-state index in [2.05, 4.69) is 4.74 Å². The molecule has 0 rings (SSSR count). The Bertz CT molecular complexity index is 164. The van der Waals surface area contributed by atoms with Gasteiger partial charge in [0.25, 0.3) is 0 Å². The van der Waals surface area contributed by atoms with Crippen LogP contribution in [0.3, 0.4) is 0 Å². The van der Waals surface area contributed by atoms with Crippen molar-refractivity contribution in [2.45, 2.75) is 6.04 Å². The molecule has 0 aromatic carbocycles. The summed E-state index contributed by atoms with van der Waals surface area (Å²) in [6.07, 6.45) is 0. The van der Waals surface area contributed by atoms with Crippen LogP contribution in [0.2, 0.25) is 0 Å². The maximum atomic E-state index is 10.3. The quantitative estimate of drug-likeness (QED) is 0.465. The van der Waals surface area contributed by atoms with Crippen LogP contribution in [0.5, 0.6) is 0 Å². The summed E-state index contributed by atoms with van der Waals surface area (Å²) in [6.45, 7) is -0.613. The Labute approximate surface area is 75.3 Å². The van der Waals surface area contributed by atoms with E-state index in [0.29, 0.717) is 0 Å². The minimum absolute atomic E-state index is 0. The van der Waals surface area contributed by atoms with E-state index in [4.69, 9.17) is 16.6 Å². The van der Waals surface area contributed by atoms with Crippen LogP contribution in [0.1, 0.15) is 0 Å². The van der Waals surface area contributed by atoms with Gasteiger partial charge >= 0.3 is 11.9 Å². The average Bonchev–Trinajstić information content (AvgIpc) is 1.99. The van der Waals surface area contributed by atoms with E-state index in [1.54, 1.807) is 0 Å². The third-order valence-electron chi connectivity index (χ3n) is 0.908. The molecular formula is C5H11ClN2O4. The summed E-state index contributed by atoms with van der Waals surface area (Å²) >= 11 is 0. The molecule has 0 bridgehead atoms. The molecule has 7 heteroatoms. The lowest BCUT2D eigenvalue weighted by Gasteiger charge is -2.05. The summed E-state index contributed by atoms with van der Waals surface area (Å²) in [5.74, 6) is -1.88. The highest BCUT2D eigenvalue weighted by Crippen LogP contribution is 1.82. The molecule has 0 aromatic rings. The molecular weight excluding hydrogens is 188 g/mol. The zero-order chi connectivity index (χ0) is 8.85. The molecule has 5 N–H and O–H groups in total. The second-order valence-corrected chi connectivity index (χ2v) is 1.83. The molecule has 0 aliphatic heterocycles. The van der Waals surface area contributed by atoms with Crippen molar-refractivity contribution in [3.8, 4) is 0 Å². The van der Waals surface area contributed by atoms with Crippen molar-refractivity contribution in [3.63, 3.8) is 0 Å². The fourth-order valence-electron chi connectivity index (χ4n) is 0.313. The van der Waals surface area contributed by atoms with Gasteiger partial charge in [0.05, 0.1) is 6.54 Å². The first-order valence-electron chi connectivity index (χ1n) is 2.92. The van der Waals surface area contributed by atoms with Crippen LogP contribution in [0.15, 0.2) is 0 Å². The summed E-state index contributed by atoms with van der Waals surface area (Å²) in [7, 11) is 0. The number of carboxylic acids is 1. The number of rotatable bonds is 4. The molecule has 12 heavy (non-hydrogen) atoms. The molecule has 72 valence electrons. The van der Waals surface area contributed by atoms with Gasteiger partial charge in [-0.05, 0) is 0 Å². The third kappa shape index (κ3) is 5.90. The van der Waals surface area contributed by atoms with Gasteiger partial charge in [-0.1, -0.05) is 0 Å². The molecule has 0 radical (unpaired) electrons. The molecule has 0 spiro atoms. The topological polar surface area (TPSA) is 116 Å². The van der Waals surface area contributed by atoms with Gasteiger partial charge in [-0.25, -0.2) is 0 Å². The SMILES string of the molecule is Cl.NCC(=O)OC[C@H](N)C(=O)O. The Morgan fingerprint density at radius 2 is 2.00 bits per heavy atom. The first-order chi connectivity index (χ1) is 5.07. The molecule has 0 saturated heterocycles. The lowest BCUT2D eigenvalue weighted by atomic mass is 10.3. The fourth-order valence-corrected chi connectivity index (χ4v) is 0.313. The van der Waals surface area contributed by atoms with E-state index in [9.17, 15) is 9.59 Å². The molecule has 0 aliphatic carbocycles. The number of nitrogens with two attached hydrogens (primary N) is 2. The van der Waals surface area contributed by atoms with Crippen LogP contribution in [0.25, 0.3) is 0 Å². The highest BCUT2D eigenvalue weighted by atomic mass is 35.5. The van der Waals surface area contributed by atoms with Crippen molar-refractivity contribution >= 4 is 24.3 Å². The van der Waals surface area contributed by atoms with E-state index >= 15 is 0 Å². The summed E-state index contributed by atoms with van der Waals surface area (Å²) in [6, 6.07) is -1.18. The van der Waals surface area contributed by atoms with Gasteiger partial charge < -0.3 is 21.3 Å². The van der Waals surface area contributed by atoms with Gasteiger partial charge in [-0.2, -0.15) is 0 Å².